The van der Waals surface area contributed by atoms with Crippen LogP contribution in [-0.2, 0) is 6.18 Å². The summed E-state index contributed by atoms with van der Waals surface area (Å²) in [4.78, 5) is 16.2. The van der Waals surface area contributed by atoms with Gasteiger partial charge in [0.1, 0.15) is 5.82 Å². The van der Waals surface area contributed by atoms with Gasteiger partial charge in [-0.15, -0.1) is 0 Å². The van der Waals surface area contributed by atoms with E-state index in [2.05, 4.69) is 15.4 Å². The molecule has 2 aromatic heterocycles. The number of nitrogens with one attached hydrogen (secondary N) is 1. The molecule has 0 bridgehead atoms. The van der Waals surface area contributed by atoms with Gasteiger partial charge in [0.25, 0.3) is 5.91 Å². The summed E-state index contributed by atoms with van der Waals surface area (Å²) < 4.78 is 54.0. The molecule has 5 nitrogen and oxygen atoms in total. The van der Waals surface area contributed by atoms with E-state index in [1.165, 1.54) is 18.2 Å². The van der Waals surface area contributed by atoms with Crippen LogP contribution in [0.1, 0.15) is 29.0 Å². The summed E-state index contributed by atoms with van der Waals surface area (Å²) >= 11 is 0. The van der Waals surface area contributed by atoms with Crippen molar-refractivity contribution >= 4 is 11.6 Å². The summed E-state index contributed by atoms with van der Waals surface area (Å²) in [6.45, 7) is 0. The number of alkyl halides is 3. The van der Waals surface area contributed by atoms with Gasteiger partial charge in [-0.25, -0.2) is 13.9 Å². The minimum absolute atomic E-state index is 0.0128. The van der Waals surface area contributed by atoms with E-state index in [-0.39, 0.29) is 23.1 Å². The molecule has 1 aromatic carbocycles. The smallest absolute Gasteiger partial charge is 0.348 e. The Morgan fingerprint density at radius 3 is 2.46 bits per heavy atom. The molecule has 0 spiro atoms. The lowest BCUT2D eigenvalue weighted by Gasteiger charge is -2.11. The lowest BCUT2D eigenvalue weighted by Crippen LogP contribution is -2.25. The number of rotatable bonds is 3. The Kier molecular flexibility index (Phi) is 3.67. The highest BCUT2D eigenvalue weighted by atomic mass is 19.4. The predicted molar refractivity (Wildman–Crippen MR) is 83.9 cm³/mol. The molecule has 1 aliphatic rings. The van der Waals surface area contributed by atoms with Crippen molar-refractivity contribution in [3.63, 3.8) is 0 Å². The van der Waals surface area contributed by atoms with Crippen molar-refractivity contribution in [2.24, 2.45) is 0 Å². The van der Waals surface area contributed by atoms with Crippen molar-refractivity contribution in [2.75, 3.05) is 0 Å². The highest BCUT2D eigenvalue weighted by Crippen LogP contribution is 2.32. The maximum atomic E-state index is 13.5. The SMILES string of the molecule is O=C(NC1CC1)c1cc2nc(-c3ccc(F)cc3)cc(C(F)(F)F)n2n1. The van der Waals surface area contributed by atoms with Gasteiger partial charge in [0.2, 0.25) is 0 Å². The van der Waals surface area contributed by atoms with Crippen LogP contribution >= 0.6 is 0 Å². The number of amides is 1. The number of aromatic nitrogens is 3. The first-order valence-electron chi connectivity index (χ1n) is 7.86. The Hall–Kier alpha value is -2.97. The summed E-state index contributed by atoms with van der Waals surface area (Å²) in [6, 6.07) is 7.04. The molecule has 0 aliphatic heterocycles. The molecule has 0 radical (unpaired) electrons. The Morgan fingerprint density at radius 2 is 1.85 bits per heavy atom. The van der Waals surface area contributed by atoms with Gasteiger partial charge in [0.15, 0.2) is 17.0 Å². The summed E-state index contributed by atoms with van der Waals surface area (Å²) in [5.41, 5.74) is -0.970. The molecular formula is C17H12F4N4O. The number of hydrogen-bond donors (Lipinski definition) is 1. The van der Waals surface area contributed by atoms with Gasteiger partial charge >= 0.3 is 6.18 Å². The number of nitrogens with zero attached hydrogens (tertiary/aromatic N) is 3. The van der Waals surface area contributed by atoms with E-state index in [1.807, 2.05) is 0 Å². The molecule has 1 aliphatic carbocycles. The summed E-state index contributed by atoms with van der Waals surface area (Å²) in [5, 5.41) is 6.45. The van der Waals surface area contributed by atoms with Crippen molar-refractivity contribution in [1.29, 1.82) is 0 Å². The van der Waals surface area contributed by atoms with Gasteiger partial charge in [-0.3, -0.25) is 4.79 Å². The molecule has 1 amide bonds. The van der Waals surface area contributed by atoms with Crippen molar-refractivity contribution < 1.29 is 22.4 Å². The number of hydrogen-bond acceptors (Lipinski definition) is 3. The fraction of sp³-hybridized carbons (Fsp3) is 0.235. The third kappa shape index (κ3) is 3.12. The van der Waals surface area contributed by atoms with Crippen LogP contribution < -0.4 is 5.32 Å². The van der Waals surface area contributed by atoms with Crippen LogP contribution in [0.15, 0.2) is 36.4 Å². The number of benzene rings is 1. The second-order valence-electron chi connectivity index (χ2n) is 6.08. The van der Waals surface area contributed by atoms with E-state index < -0.39 is 23.6 Å². The van der Waals surface area contributed by atoms with E-state index in [1.54, 1.807) is 0 Å². The first-order chi connectivity index (χ1) is 12.3. The maximum Gasteiger partial charge on any atom is 0.433 e. The molecule has 1 fully saturated rings. The van der Waals surface area contributed by atoms with Gasteiger partial charge < -0.3 is 5.32 Å². The van der Waals surface area contributed by atoms with Crippen LogP contribution in [0, 0.1) is 5.82 Å². The van der Waals surface area contributed by atoms with E-state index in [9.17, 15) is 22.4 Å². The largest absolute Gasteiger partial charge is 0.433 e. The van der Waals surface area contributed by atoms with Crippen molar-refractivity contribution in [3.8, 4) is 11.3 Å². The van der Waals surface area contributed by atoms with Gasteiger partial charge in [0.05, 0.1) is 5.69 Å². The average Bonchev–Trinajstić information content (AvgIpc) is 3.28. The molecule has 4 rings (SSSR count). The minimum Gasteiger partial charge on any atom is -0.348 e. The fourth-order valence-electron chi connectivity index (χ4n) is 2.54. The predicted octanol–water partition coefficient (Wildman–Crippen LogP) is 3.45. The van der Waals surface area contributed by atoms with E-state index in [0.717, 1.165) is 31.0 Å². The zero-order chi connectivity index (χ0) is 18.5. The normalized spacial score (nSPS) is 14.6. The summed E-state index contributed by atoms with van der Waals surface area (Å²) in [5.74, 6) is -1.04. The van der Waals surface area contributed by atoms with Crippen LogP contribution in [0.3, 0.4) is 0 Å². The van der Waals surface area contributed by atoms with E-state index in [0.29, 0.717) is 10.1 Å². The molecule has 9 heteroatoms. The molecule has 2 heterocycles. The lowest BCUT2D eigenvalue weighted by molar-refractivity contribution is -0.142. The van der Waals surface area contributed by atoms with Crippen molar-refractivity contribution in [3.05, 3.63) is 53.6 Å². The Morgan fingerprint density at radius 1 is 1.15 bits per heavy atom. The molecule has 0 saturated heterocycles. The zero-order valence-corrected chi connectivity index (χ0v) is 13.2. The molecule has 1 saturated carbocycles. The molecule has 134 valence electrons. The first-order valence-corrected chi connectivity index (χ1v) is 7.86. The van der Waals surface area contributed by atoms with Gasteiger partial charge in [-0.2, -0.15) is 18.3 Å². The van der Waals surface area contributed by atoms with Gasteiger partial charge in [0, 0.05) is 17.7 Å². The Balaban J connectivity index is 1.84. The van der Waals surface area contributed by atoms with Crippen LogP contribution in [-0.4, -0.2) is 26.5 Å². The third-order valence-corrected chi connectivity index (χ3v) is 4.00. The lowest BCUT2D eigenvalue weighted by atomic mass is 10.1. The van der Waals surface area contributed by atoms with E-state index >= 15 is 0 Å². The van der Waals surface area contributed by atoms with E-state index in [4.69, 9.17) is 0 Å². The number of halogens is 4. The Labute approximate surface area is 144 Å². The maximum absolute atomic E-state index is 13.5. The second-order valence-corrected chi connectivity index (χ2v) is 6.08. The Bertz CT molecular complexity index is 990. The summed E-state index contributed by atoms with van der Waals surface area (Å²) in [7, 11) is 0. The number of carbonyl (C=O) groups excluding carboxylic acids is 1. The molecule has 26 heavy (non-hydrogen) atoms. The van der Waals surface area contributed by atoms with Crippen LogP contribution in [0.2, 0.25) is 0 Å². The average molecular weight is 364 g/mol. The van der Waals surface area contributed by atoms with Crippen molar-refractivity contribution in [1.82, 2.24) is 19.9 Å². The molecule has 1 N–H and O–H groups in total. The quantitative estimate of drug-likeness (QED) is 0.725. The molecule has 0 atom stereocenters. The third-order valence-electron chi connectivity index (χ3n) is 4.00. The zero-order valence-electron chi connectivity index (χ0n) is 13.2. The summed E-state index contributed by atoms with van der Waals surface area (Å²) in [6.07, 6.45) is -3.01. The van der Waals surface area contributed by atoms with Crippen molar-refractivity contribution in [2.45, 2.75) is 25.1 Å². The minimum atomic E-state index is -4.70. The van der Waals surface area contributed by atoms with Crippen LogP contribution in [0.4, 0.5) is 17.6 Å². The second kappa shape index (κ2) is 5.79. The first kappa shape index (κ1) is 16.5. The fourth-order valence-corrected chi connectivity index (χ4v) is 2.54. The number of fused-ring (bicyclic) bond motifs is 1. The standard InChI is InChI=1S/C17H12F4N4O/c18-10-3-1-9(2-4-10)12-7-14(17(19,20)21)25-15(23-12)8-13(24-25)16(26)22-11-5-6-11/h1-4,7-8,11H,5-6H2,(H,22,26). The van der Waals surface area contributed by atoms with Crippen LogP contribution in [0.5, 0.6) is 0 Å². The number of carbonyl (C=O) groups is 1. The highest BCUT2D eigenvalue weighted by Gasteiger charge is 2.36. The van der Waals surface area contributed by atoms with Gasteiger partial charge in [-0.1, -0.05) is 0 Å². The molecule has 3 aromatic rings. The highest BCUT2D eigenvalue weighted by molar-refractivity contribution is 5.93. The van der Waals surface area contributed by atoms with Crippen LogP contribution in [0.25, 0.3) is 16.9 Å². The monoisotopic (exact) mass is 364 g/mol. The molecular weight excluding hydrogens is 352 g/mol. The molecule has 0 unspecified atom stereocenters. The topological polar surface area (TPSA) is 59.3 Å². The van der Waals surface area contributed by atoms with Gasteiger partial charge in [-0.05, 0) is 43.2 Å².